The van der Waals surface area contributed by atoms with Crippen LogP contribution in [0.1, 0.15) is 36.0 Å². The Morgan fingerprint density at radius 3 is 2.79 bits per heavy atom. The first-order valence-electron chi connectivity index (χ1n) is 10.2. The van der Waals surface area contributed by atoms with Gasteiger partial charge in [-0.15, -0.1) is 0 Å². The highest BCUT2D eigenvalue weighted by atomic mass is 19.1. The maximum absolute atomic E-state index is 15.2. The summed E-state index contributed by atoms with van der Waals surface area (Å²) in [5.41, 5.74) is 0.969. The molecule has 154 valence electrons. The normalized spacial score (nSPS) is 28.6. The van der Waals surface area contributed by atoms with E-state index in [1.165, 1.54) is 7.11 Å². The number of rotatable bonds is 4. The number of aliphatic imine (C=N–C) groups is 1. The SMILES string of the molecule is COc1c2c(cc(F)c1N1C[C@@H]3CCCN[C@@H]3C1)C(=O)C(C(=O)O)C(C1CC1)=N2. The molecule has 4 aliphatic rings. The van der Waals surface area contributed by atoms with E-state index in [2.05, 4.69) is 10.3 Å². The number of piperidine rings is 1. The zero-order valence-corrected chi connectivity index (χ0v) is 16.3. The summed E-state index contributed by atoms with van der Waals surface area (Å²) in [5, 5.41) is 13.1. The van der Waals surface area contributed by atoms with Crippen LogP contribution in [0.4, 0.5) is 15.8 Å². The quantitative estimate of drug-likeness (QED) is 0.753. The minimum absolute atomic E-state index is 0.00488. The average Bonchev–Trinajstić information content (AvgIpc) is 3.45. The van der Waals surface area contributed by atoms with E-state index in [0.29, 0.717) is 36.4 Å². The van der Waals surface area contributed by atoms with Crippen LogP contribution in [0, 0.1) is 23.6 Å². The molecule has 0 amide bonds. The van der Waals surface area contributed by atoms with Crippen molar-refractivity contribution in [2.24, 2.45) is 22.7 Å². The molecule has 5 rings (SSSR count). The largest absolute Gasteiger partial charge is 0.492 e. The minimum atomic E-state index is -1.33. The van der Waals surface area contributed by atoms with E-state index in [1.54, 1.807) is 0 Å². The standard InChI is InChI=1S/C21H24FN3O4/c1-29-20-17-12(19(26)15(21(27)28)16(24-17)10-4-5-10)7-13(22)18(20)25-8-11-3-2-6-23-14(11)9-25/h7,10-11,14-15,23H,2-6,8-9H2,1H3,(H,27,28)/t11-,14+,15?/m0/s1. The summed E-state index contributed by atoms with van der Waals surface area (Å²) in [6.45, 7) is 2.36. The number of benzene rings is 1. The lowest BCUT2D eigenvalue weighted by Gasteiger charge is -2.27. The van der Waals surface area contributed by atoms with Gasteiger partial charge in [0, 0.05) is 24.8 Å². The van der Waals surface area contributed by atoms with Crippen LogP contribution < -0.4 is 15.0 Å². The second-order valence-corrected chi connectivity index (χ2v) is 8.45. The number of methoxy groups -OCH3 is 1. The first kappa shape index (κ1) is 18.5. The van der Waals surface area contributed by atoms with Crippen LogP contribution in [-0.2, 0) is 4.79 Å². The van der Waals surface area contributed by atoms with Crippen molar-refractivity contribution >= 4 is 28.8 Å². The fraction of sp³-hybridized carbons (Fsp3) is 0.571. The number of carbonyl (C=O) groups excluding carboxylic acids is 1. The third-order valence-electron chi connectivity index (χ3n) is 6.61. The number of ketones is 1. The van der Waals surface area contributed by atoms with Crippen molar-refractivity contribution in [1.82, 2.24) is 5.32 Å². The molecule has 3 fully saturated rings. The van der Waals surface area contributed by atoms with Gasteiger partial charge in [0.2, 0.25) is 0 Å². The van der Waals surface area contributed by atoms with E-state index in [-0.39, 0.29) is 22.9 Å². The Bertz CT molecular complexity index is 913. The van der Waals surface area contributed by atoms with Gasteiger partial charge in [0.25, 0.3) is 0 Å². The number of hydrogen-bond acceptors (Lipinski definition) is 6. The second kappa shape index (κ2) is 6.79. The molecule has 1 aliphatic carbocycles. The summed E-state index contributed by atoms with van der Waals surface area (Å²) in [7, 11) is 1.44. The molecule has 8 heteroatoms. The van der Waals surface area contributed by atoms with Gasteiger partial charge in [-0.3, -0.25) is 14.6 Å². The molecule has 1 saturated carbocycles. The van der Waals surface area contributed by atoms with Crippen LogP contribution in [0.15, 0.2) is 11.1 Å². The Labute approximate surface area is 167 Å². The second-order valence-electron chi connectivity index (χ2n) is 8.45. The van der Waals surface area contributed by atoms with Crippen molar-refractivity contribution in [3.63, 3.8) is 0 Å². The number of ether oxygens (including phenoxy) is 1. The number of halogens is 1. The number of fused-ring (bicyclic) bond motifs is 2. The smallest absolute Gasteiger partial charge is 0.320 e. The third kappa shape index (κ3) is 2.92. The van der Waals surface area contributed by atoms with Gasteiger partial charge in [-0.25, -0.2) is 4.39 Å². The molecule has 1 unspecified atom stereocenters. The van der Waals surface area contributed by atoms with Crippen LogP contribution in [0.5, 0.6) is 5.75 Å². The Balaban J connectivity index is 1.61. The molecular weight excluding hydrogens is 377 g/mol. The number of nitrogens with one attached hydrogen (secondary N) is 1. The van der Waals surface area contributed by atoms with Gasteiger partial charge in [-0.05, 0) is 50.1 Å². The topological polar surface area (TPSA) is 91.2 Å². The van der Waals surface area contributed by atoms with Crippen LogP contribution in [0.2, 0.25) is 0 Å². The summed E-state index contributed by atoms with van der Waals surface area (Å²) in [6.07, 6.45) is 3.86. The Hall–Kier alpha value is -2.48. The maximum Gasteiger partial charge on any atom is 0.320 e. The van der Waals surface area contributed by atoms with Crippen molar-refractivity contribution < 1.29 is 23.8 Å². The van der Waals surface area contributed by atoms with Crippen molar-refractivity contribution in [1.29, 1.82) is 0 Å². The molecule has 2 saturated heterocycles. The predicted octanol–water partition coefficient (Wildman–Crippen LogP) is 2.40. The van der Waals surface area contributed by atoms with E-state index < -0.39 is 23.5 Å². The molecule has 0 spiro atoms. The zero-order chi connectivity index (χ0) is 20.3. The number of carboxylic acid groups (broad SMARTS) is 1. The van der Waals surface area contributed by atoms with Gasteiger partial charge < -0.3 is 20.1 Å². The average molecular weight is 401 g/mol. The molecule has 7 nitrogen and oxygen atoms in total. The molecule has 1 aromatic rings. The Morgan fingerprint density at radius 1 is 1.34 bits per heavy atom. The van der Waals surface area contributed by atoms with Gasteiger partial charge in [-0.1, -0.05) is 0 Å². The predicted molar refractivity (Wildman–Crippen MR) is 105 cm³/mol. The zero-order valence-electron chi connectivity index (χ0n) is 16.3. The number of anilines is 1. The first-order valence-corrected chi connectivity index (χ1v) is 10.2. The van der Waals surface area contributed by atoms with E-state index in [4.69, 9.17) is 4.74 Å². The van der Waals surface area contributed by atoms with Crippen LogP contribution in [0.3, 0.4) is 0 Å². The van der Waals surface area contributed by atoms with Crippen molar-refractivity contribution in [2.45, 2.75) is 31.7 Å². The summed E-state index contributed by atoms with van der Waals surface area (Å²) in [4.78, 5) is 31.2. The molecule has 2 N–H and O–H groups in total. The van der Waals surface area contributed by atoms with Gasteiger partial charge in [0.05, 0.1) is 12.7 Å². The van der Waals surface area contributed by atoms with Crippen LogP contribution >= 0.6 is 0 Å². The summed E-state index contributed by atoms with van der Waals surface area (Å²) in [6, 6.07) is 1.46. The van der Waals surface area contributed by atoms with Crippen LogP contribution in [0.25, 0.3) is 0 Å². The Kier molecular flexibility index (Phi) is 4.34. The molecule has 3 heterocycles. The highest BCUT2D eigenvalue weighted by Gasteiger charge is 2.46. The monoisotopic (exact) mass is 401 g/mol. The molecule has 3 atom stereocenters. The maximum atomic E-state index is 15.2. The Morgan fingerprint density at radius 2 is 2.14 bits per heavy atom. The summed E-state index contributed by atoms with van der Waals surface area (Å²) < 4.78 is 20.8. The van der Waals surface area contributed by atoms with Gasteiger partial charge in [0.15, 0.2) is 23.3 Å². The van der Waals surface area contributed by atoms with Crippen LogP contribution in [-0.4, -0.2) is 55.4 Å². The fourth-order valence-corrected chi connectivity index (χ4v) is 5.05. The number of hydrogen-bond donors (Lipinski definition) is 2. The van der Waals surface area contributed by atoms with Gasteiger partial charge in [-0.2, -0.15) is 0 Å². The number of nitrogens with zero attached hydrogens (tertiary/aromatic N) is 2. The fourth-order valence-electron chi connectivity index (χ4n) is 5.05. The number of aliphatic carboxylic acids is 1. The summed E-state index contributed by atoms with van der Waals surface area (Å²) in [5.74, 6) is -3.05. The van der Waals surface area contributed by atoms with E-state index in [1.807, 2.05) is 4.90 Å². The highest BCUT2D eigenvalue weighted by Crippen LogP contribution is 2.49. The van der Waals surface area contributed by atoms with Gasteiger partial charge in [0.1, 0.15) is 11.4 Å². The number of carbonyl (C=O) groups is 2. The van der Waals surface area contributed by atoms with E-state index in [9.17, 15) is 14.7 Å². The molecule has 29 heavy (non-hydrogen) atoms. The first-order chi connectivity index (χ1) is 14.0. The lowest BCUT2D eigenvalue weighted by Crippen LogP contribution is -2.40. The van der Waals surface area contributed by atoms with Crippen molar-refractivity contribution in [2.75, 3.05) is 31.6 Å². The third-order valence-corrected chi connectivity index (χ3v) is 6.61. The molecule has 0 aromatic heterocycles. The molecule has 0 radical (unpaired) electrons. The highest BCUT2D eigenvalue weighted by molar-refractivity contribution is 6.28. The van der Waals surface area contributed by atoms with E-state index >= 15 is 4.39 Å². The number of Topliss-reactive ketones (excluding diaryl/α,β-unsaturated/α-hetero) is 1. The molecule has 1 aromatic carbocycles. The summed E-state index contributed by atoms with van der Waals surface area (Å²) >= 11 is 0. The lowest BCUT2D eigenvalue weighted by molar-refractivity contribution is -0.138. The van der Waals surface area contributed by atoms with Gasteiger partial charge >= 0.3 is 5.97 Å². The minimum Gasteiger partial charge on any atom is -0.492 e. The van der Waals surface area contributed by atoms with Crippen molar-refractivity contribution in [3.05, 3.63) is 17.4 Å². The van der Waals surface area contributed by atoms with Crippen molar-refractivity contribution in [3.8, 4) is 5.75 Å². The lowest BCUT2D eigenvalue weighted by atomic mass is 9.86. The molecule has 0 bridgehead atoms. The molecule has 3 aliphatic heterocycles. The number of carboxylic acids is 1. The molecular formula is C21H24FN3O4. The van der Waals surface area contributed by atoms with E-state index in [0.717, 1.165) is 38.3 Å².